The van der Waals surface area contributed by atoms with E-state index >= 15 is 0 Å². The molecule has 388 valence electrons. The minimum atomic E-state index is -1.59. The summed E-state index contributed by atoms with van der Waals surface area (Å²) in [5.41, 5.74) is 4.01. The highest BCUT2D eigenvalue weighted by molar-refractivity contribution is 7.99. The van der Waals surface area contributed by atoms with Gasteiger partial charge in [0, 0.05) is 4.90 Å². The van der Waals surface area contributed by atoms with Crippen LogP contribution >= 0.6 is 11.8 Å². The fraction of sp³-hybridized carbons (Fsp3) is 0.279. The van der Waals surface area contributed by atoms with Crippen molar-refractivity contribution in [1.82, 2.24) is 0 Å². The summed E-state index contributed by atoms with van der Waals surface area (Å²) in [6.07, 6.45) is -11.6. The first-order valence-electron chi connectivity index (χ1n) is 25.0. The van der Waals surface area contributed by atoms with Gasteiger partial charge in [-0.3, -0.25) is 0 Å². The average Bonchev–Trinajstić information content (AvgIpc) is 3.46. The van der Waals surface area contributed by atoms with Crippen LogP contribution < -0.4 is 0 Å². The Morgan fingerprint density at radius 3 is 1.39 bits per heavy atom. The Morgan fingerprint density at radius 1 is 0.427 bits per heavy atom. The second-order valence-corrected chi connectivity index (χ2v) is 19.1. The standard InChI is InChI=1S/C61H60O13S/c62-52-50(41-65-36-43-22-8-1-9-23-43)71-59(69-40-47-30-16-5-17-31-47)56(73-58(63)48-32-18-6-19-33-48)54(52)74-61(64)70-42-51-53(66-37-44-24-10-2-11-25-44)55(67-38-45-26-12-3-13-27-45)57(68-39-46-28-14-4-15-29-46)60(72-51)75-49-34-20-7-21-35-49/h1-35,50-57,59-60,62H,36-42H2/t50-,51-,52-,53-,54+,55+,56-,57+,59+,60-/m1/s1. The zero-order valence-electron chi connectivity index (χ0n) is 41.2. The fourth-order valence-corrected chi connectivity index (χ4v) is 9.86. The molecular formula is C61H60O13S. The molecule has 2 fully saturated rings. The van der Waals surface area contributed by atoms with Gasteiger partial charge in [-0.1, -0.05) is 200 Å². The van der Waals surface area contributed by atoms with Crippen LogP contribution in [0.5, 0.6) is 0 Å². The van der Waals surface area contributed by atoms with Crippen molar-refractivity contribution in [2.45, 2.75) is 98.5 Å². The van der Waals surface area contributed by atoms with Gasteiger partial charge in [0.25, 0.3) is 0 Å². The Kier molecular flexibility index (Phi) is 19.7. The van der Waals surface area contributed by atoms with Crippen LogP contribution in [-0.2, 0) is 80.4 Å². The normalized spacial score (nSPS) is 23.4. The predicted octanol–water partition coefficient (Wildman–Crippen LogP) is 10.5. The molecule has 0 aliphatic carbocycles. The largest absolute Gasteiger partial charge is 0.508 e. The second kappa shape index (κ2) is 27.7. The lowest BCUT2D eigenvalue weighted by atomic mass is 9.98. The number of aliphatic hydroxyl groups excluding tert-OH is 1. The highest BCUT2D eigenvalue weighted by atomic mass is 32.2. The van der Waals surface area contributed by atoms with Crippen LogP contribution in [0.25, 0.3) is 0 Å². The molecule has 0 aromatic heterocycles. The van der Waals surface area contributed by atoms with E-state index in [9.17, 15) is 14.7 Å². The number of hydrogen-bond donors (Lipinski definition) is 1. The summed E-state index contributed by atoms with van der Waals surface area (Å²) in [6, 6.07) is 66.4. The first-order valence-corrected chi connectivity index (χ1v) is 25.9. The van der Waals surface area contributed by atoms with E-state index in [0.29, 0.717) is 0 Å². The number of esters is 1. The first kappa shape index (κ1) is 53.1. The van der Waals surface area contributed by atoms with Gasteiger partial charge in [0.05, 0.1) is 45.2 Å². The topological polar surface area (TPSA) is 147 Å². The van der Waals surface area contributed by atoms with Crippen LogP contribution in [0, 0.1) is 0 Å². The average molecular weight is 1030 g/mol. The van der Waals surface area contributed by atoms with Crippen LogP contribution in [-0.4, -0.2) is 91.0 Å². The van der Waals surface area contributed by atoms with Crippen LogP contribution in [0.2, 0.25) is 0 Å². The Morgan fingerprint density at radius 2 is 0.867 bits per heavy atom. The SMILES string of the molecule is O=C(OC[C@H]1O[C@H](Sc2ccccc2)[C@@H](OCc2ccccc2)[C@@H](OCc2ccccc2)[C@@H]1OCc1ccccc1)O[C@H]1[C@H](O)[C@@H](COCc2ccccc2)O[C@H](OCc2ccccc2)[C@@H]1OC(=O)c1ccccc1. The van der Waals surface area contributed by atoms with Crippen LogP contribution in [0.15, 0.2) is 217 Å². The van der Waals surface area contributed by atoms with E-state index in [4.69, 9.17) is 47.4 Å². The highest BCUT2D eigenvalue weighted by Gasteiger charge is 2.52. The van der Waals surface area contributed by atoms with Gasteiger partial charge in [-0.25, -0.2) is 9.59 Å². The molecule has 75 heavy (non-hydrogen) atoms. The van der Waals surface area contributed by atoms with Crippen molar-refractivity contribution in [3.05, 3.63) is 246 Å². The van der Waals surface area contributed by atoms with E-state index in [1.54, 1.807) is 30.3 Å². The monoisotopic (exact) mass is 1030 g/mol. The third-order valence-corrected chi connectivity index (χ3v) is 13.7. The number of aliphatic hydroxyl groups is 1. The fourth-order valence-electron chi connectivity index (χ4n) is 8.71. The summed E-state index contributed by atoms with van der Waals surface area (Å²) in [6.45, 7) is 0.359. The van der Waals surface area contributed by atoms with Crippen LogP contribution in [0.1, 0.15) is 38.2 Å². The van der Waals surface area contributed by atoms with Gasteiger partial charge < -0.3 is 52.5 Å². The second-order valence-electron chi connectivity index (χ2n) is 18.0. The molecular weight excluding hydrogens is 973 g/mol. The summed E-state index contributed by atoms with van der Waals surface area (Å²) in [5.74, 6) is -0.757. The maximum Gasteiger partial charge on any atom is 0.508 e. The third-order valence-electron chi connectivity index (χ3n) is 12.6. The number of ether oxygens (including phenoxy) is 10. The molecule has 2 heterocycles. The van der Waals surface area contributed by atoms with Crippen molar-refractivity contribution in [3.63, 3.8) is 0 Å². The van der Waals surface area contributed by atoms with E-state index in [1.165, 1.54) is 11.8 Å². The Bertz CT molecular complexity index is 2750. The van der Waals surface area contributed by atoms with Gasteiger partial charge in [-0.15, -0.1) is 0 Å². The van der Waals surface area contributed by atoms with E-state index in [2.05, 4.69) is 0 Å². The van der Waals surface area contributed by atoms with Crippen molar-refractivity contribution < 1.29 is 62.1 Å². The maximum atomic E-state index is 14.4. The number of thioether (sulfide) groups is 1. The quantitative estimate of drug-likeness (QED) is 0.0606. The van der Waals surface area contributed by atoms with Gasteiger partial charge >= 0.3 is 12.1 Å². The van der Waals surface area contributed by atoms with Gasteiger partial charge in [-0.05, 0) is 52.1 Å². The molecule has 0 unspecified atom stereocenters. The number of rotatable bonds is 23. The van der Waals surface area contributed by atoms with Gasteiger partial charge in [0.2, 0.25) is 0 Å². The Labute approximate surface area is 441 Å². The summed E-state index contributed by atoms with van der Waals surface area (Å²) in [5, 5.41) is 12.1. The molecule has 9 rings (SSSR count). The minimum absolute atomic E-state index is 0.0326. The summed E-state index contributed by atoms with van der Waals surface area (Å²) in [4.78, 5) is 29.2. The minimum Gasteiger partial charge on any atom is -0.449 e. The molecule has 10 atom stereocenters. The molecule has 0 saturated carbocycles. The van der Waals surface area contributed by atoms with E-state index in [1.807, 2.05) is 182 Å². The smallest absolute Gasteiger partial charge is 0.449 e. The van der Waals surface area contributed by atoms with Crippen molar-refractivity contribution in [3.8, 4) is 0 Å². The molecule has 14 heteroatoms. The molecule has 1 N–H and O–H groups in total. The molecule has 2 aliphatic rings. The molecule has 0 radical (unpaired) electrons. The van der Waals surface area contributed by atoms with E-state index < -0.39 is 72.7 Å². The number of carbonyl (C=O) groups excluding carboxylic acids is 2. The molecule has 2 saturated heterocycles. The molecule has 0 amide bonds. The summed E-state index contributed by atoms with van der Waals surface area (Å²) < 4.78 is 64.5. The molecule has 7 aromatic carbocycles. The third kappa shape index (κ3) is 15.5. The summed E-state index contributed by atoms with van der Waals surface area (Å²) >= 11 is 1.45. The molecule has 13 nitrogen and oxygen atoms in total. The van der Waals surface area contributed by atoms with Crippen molar-refractivity contribution in [2.75, 3.05) is 13.2 Å². The van der Waals surface area contributed by atoms with Gasteiger partial charge in [0.15, 0.2) is 18.5 Å². The Hall–Kier alpha value is -6.69. The predicted molar refractivity (Wildman–Crippen MR) is 280 cm³/mol. The van der Waals surface area contributed by atoms with Crippen molar-refractivity contribution >= 4 is 23.9 Å². The number of hydrogen-bond acceptors (Lipinski definition) is 14. The molecule has 2 aliphatic heterocycles. The van der Waals surface area contributed by atoms with Gasteiger partial charge in [0.1, 0.15) is 48.7 Å². The van der Waals surface area contributed by atoms with Crippen LogP contribution in [0.4, 0.5) is 4.79 Å². The van der Waals surface area contributed by atoms with E-state index in [0.717, 1.165) is 32.7 Å². The van der Waals surface area contributed by atoms with Gasteiger partial charge in [-0.2, -0.15) is 0 Å². The van der Waals surface area contributed by atoms with E-state index in [-0.39, 0.29) is 51.8 Å². The lowest BCUT2D eigenvalue weighted by molar-refractivity contribution is -0.306. The van der Waals surface area contributed by atoms with Crippen molar-refractivity contribution in [1.29, 1.82) is 0 Å². The molecule has 7 aromatic rings. The van der Waals surface area contributed by atoms with Crippen molar-refractivity contribution in [2.24, 2.45) is 0 Å². The Balaban J connectivity index is 1.01. The number of benzene rings is 7. The highest BCUT2D eigenvalue weighted by Crippen LogP contribution is 2.39. The first-order chi connectivity index (χ1) is 36.9. The number of carbonyl (C=O) groups is 2. The maximum absolute atomic E-state index is 14.4. The van der Waals surface area contributed by atoms with Crippen LogP contribution in [0.3, 0.4) is 0 Å². The zero-order valence-corrected chi connectivity index (χ0v) is 42.0. The molecule has 0 spiro atoms. The zero-order chi connectivity index (χ0) is 51.4. The molecule has 0 bridgehead atoms. The lowest BCUT2D eigenvalue weighted by Gasteiger charge is -2.46. The summed E-state index contributed by atoms with van der Waals surface area (Å²) in [7, 11) is 0. The lowest BCUT2D eigenvalue weighted by Crippen LogP contribution is -2.62.